The molecule has 0 heterocycles. The van der Waals surface area contributed by atoms with Gasteiger partial charge < -0.3 is 15.7 Å². The van der Waals surface area contributed by atoms with Crippen LogP contribution in [0.2, 0.25) is 0 Å². The minimum absolute atomic E-state index is 0.0771. The van der Waals surface area contributed by atoms with Crippen LogP contribution in [0.4, 0.5) is 5.69 Å². The van der Waals surface area contributed by atoms with Crippen LogP contribution in [0.5, 0.6) is 0 Å². The Labute approximate surface area is 129 Å². The lowest BCUT2D eigenvalue weighted by molar-refractivity contribution is -0.138. The number of hydrogen-bond donors (Lipinski definition) is 3. The van der Waals surface area contributed by atoms with E-state index in [0.29, 0.717) is 11.3 Å². The summed E-state index contributed by atoms with van der Waals surface area (Å²) in [6.07, 6.45) is 0. The van der Waals surface area contributed by atoms with Crippen molar-refractivity contribution in [1.29, 1.82) is 0 Å². The van der Waals surface area contributed by atoms with Gasteiger partial charge in [0, 0.05) is 17.2 Å². The molecule has 1 aromatic carbocycles. The van der Waals surface area contributed by atoms with Crippen LogP contribution in [0.25, 0.3) is 0 Å². The summed E-state index contributed by atoms with van der Waals surface area (Å²) in [6, 6.07) is 5.36. The van der Waals surface area contributed by atoms with Crippen LogP contribution in [0.15, 0.2) is 24.3 Å². The third-order valence-corrected chi connectivity index (χ3v) is 3.55. The van der Waals surface area contributed by atoms with Crippen LogP contribution in [0.1, 0.15) is 38.1 Å². The highest BCUT2D eigenvalue weighted by Gasteiger charge is 2.17. The smallest absolute Gasteiger partial charge is 0.325 e. The lowest BCUT2D eigenvalue weighted by atomic mass is 9.97. The molecule has 1 rings (SSSR count). The first-order valence-electron chi connectivity index (χ1n) is 7.17. The molecule has 3 N–H and O–H groups in total. The molecule has 6 nitrogen and oxygen atoms in total. The van der Waals surface area contributed by atoms with Gasteiger partial charge in [-0.2, -0.15) is 0 Å². The monoisotopic (exact) mass is 306 g/mol. The molecule has 0 bridgehead atoms. The number of amides is 2. The normalized spacial score (nSPS) is 13.3. The first-order valence-corrected chi connectivity index (χ1v) is 7.17. The van der Waals surface area contributed by atoms with Gasteiger partial charge in [0.15, 0.2) is 0 Å². The lowest BCUT2D eigenvalue weighted by Crippen LogP contribution is -2.38. The SMILES string of the molecule is CC(NC(=O)c1ccc(NC(=O)C(C)C(C)C)cc1)C(=O)O. The van der Waals surface area contributed by atoms with Crippen LogP contribution in [-0.4, -0.2) is 28.9 Å². The molecule has 22 heavy (non-hydrogen) atoms. The molecule has 2 atom stereocenters. The van der Waals surface area contributed by atoms with Crippen molar-refractivity contribution in [3.05, 3.63) is 29.8 Å². The quantitative estimate of drug-likeness (QED) is 0.750. The lowest BCUT2D eigenvalue weighted by Gasteiger charge is -2.15. The van der Waals surface area contributed by atoms with E-state index in [4.69, 9.17) is 5.11 Å². The van der Waals surface area contributed by atoms with Crippen LogP contribution >= 0.6 is 0 Å². The number of hydrogen-bond acceptors (Lipinski definition) is 3. The van der Waals surface area contributed by atoms with Gasteiger partial charge in [0.25, 0.3) is 5.91 Å². The Kier molecular flexibility index (Phi) is 6.10. The molecule has 6 heteroatoms. The summed E-state index contributed by atoms with van der Waals surface area (Å²) in [5.41, 5.74) is 0.934. The van der Waals surface area contributed by atoms with E-state index >= 15 is 0 Å². The van der Waals surface area contributed by atoms with E-state index in [-0.39, 0.29) is 17.7 Å². The topological polar surface area (TPSA) is 95.5 Å². The summed E-state index contributed by atoms with van der Waals surface area (Å²) < 4.78 is 0. The van der Waals surface area contributed by atoms with Crippen LogP contribution in [0, 0.1) is 11.8 Å². The number of nitrogens with one attached hydrogen (secondary N) is 2. The third kappa shape index (κ3) is 4.87. The second kappa shape index (κ2) is 7.59. The van der Waals surface area contributed by atoms with Gasteiger partial charge in [-0.25, -0.2) is 0 Å². The van der Waals surface area contributed by atoms with Crippen molar-refractivity contribution < 1.29 is 19.5 Å². The van der Waals surface area contributed by atoms with E-state index in [1.54, 1.807) is 24.3 Å². The number of benzene rings is 1. The molecule has 0 aliphatic heterocycles. The second-order valence-corrected chi connectivity index (χ2v) is 5.63. The first kappa shape index (κ1) is 17.7. The van der Waals surface area contributed by atoms with Gasteiger partial charge in [-0.15, -0.1) is 0 Å². The number of anilines is 1. The molecular weight excluding hydrogens is 284 g/mol. The summed E-state index contributed by atoms with van der Waals surface area (Å²) in [5, 5.41) is 13.9. The third-order valence-electron chi connectivity index (χ3n) is 3.55. The van der Waals surface area contributed by atoms with Crippen molar-refractivity contribution in [2.45, 2.75) is 33.7 Å². The van der Waals surface area contributed by atoms with E-state index in [0.717, 1.165) is 0 Å². The van der Waals surface area contributed by atoms with Gasteiger partial charge >= 0.3 is 5.97 Å². The van der Waals surface area contributed by atoms with Crippen molar-refractivity contribution in [1.82, 2.24) is 5.32 Å². The van der Waals surface area contributed by atoms with Crippen molar-refractivity contribution >= 4 is 23.5 Å². The fourth-order valence-electron chi connectivity index (χ4n) is 1.61. The van der Waals surface area contributed by atoms with Gasteiger partial charge in [-0.3, -0.25) is 14.4 Å². The van der Waals surface area contributed by atoms with Crippen molar-refractivity contribution in [2.75, 3.05) is 5.32 Å². The largest absolute Gasteiger partial charge is 0.480 e. The van der Waals surface area contributed by atoms with Gasteiger partial charge in [0.1, 0.15) is 6.04 Å². The molecule has 0 aliphatic carbocycles. The standard InChI is InChI=1S/C16H22N2O4/c1-9(2)10(3)14(19)18-13-7-5-12(6-8-13)15(20)17-11(4)16(21)22/h5-11H,1-4H3,(H,17,20)(H,18,19)(H,21,22). The Hall–Kier alpha value is -2.37. The molecular formula is C16H22N2O4. The molecule has 0 radical (unpaired) electrons. The minimum atomic E-state index is -1.10. The molecule has 0 fully saturated rings. The van der Waals surface area contributed by atoms with E-state index in [1.807, 2.05) is 20.8 Å². The van der Waals surface area contributed by atoms with Gasteiger partial charge in [-0.05, 0) is 37.1 Å². The van der Waals surface area contributed by atoms with Crippen LogP contribution < -0.4 is 10.6 Å². The Bertz CT molecular complexity index is 552. The Morgan fingerprint density at radius 1 is 1.00 bits per heavy atom. The minimum Gasteiger partial charge on any atom is -0.480 e. The zero-order valence-corrected chi connectivity index (χ0v) is 13.2. The molecule has 0 aliphatic rings. The molecule has 0 aromatic heterocycles. The zero-order valence-electron chi connectivity index (χ0n) is 13.2. The summed E-state index contributed by atoms with van der Waals surface area (Å²) in [7, 11) is 0. The van der Waals surface area contributed by atoms with Gasteiger partial charge in [0.2, 0.25) is 5.91 Å². The average molecular weight is 306 g/mol. The maximum Gasteiger partial charge on any atom is 0.325 e. The molecule has 0 saturated carbocycles. The predicted octanol–water partition coefficient (Wildman–Crippen LogP) is 2.12. The Morgan fingerprint density at radius 2 is 1.55 bits per heavy atom. The number of rotatable bonds is 6. The molecule has 120 valence electrons. The first-order chi connectivity index (χ1) is 10.2. The number of carboxylic acids is 1. The maximum absolute atomic E-state index is 11.9. The molecule has 0 spiro atoms. The Balaban J connectivity index is 2.69. The molecule has 1 aromatic rings. The fourth-order valence-corrected chi connectivity index (χ4v) is 1.61. The van der Waals surface area contributed by atoms with Crippen molar-refractivity contribution in [3.63, 3.8) is 0 Å². The highest BCUT2D eigenvalue weighted by molar-refractivity contribution is 5.97. The van der Waals surface area contributed by atoms with Crippen LogP contribution in [0.3, 0.4) is 0 Å². The summed E-state index contributed by atoms with van der Waals surface area (Å²) in [6.45, 7) is 7.19. The zero-order chi connectivity index (χ0) is 16.9. The average Bonchev–Trinajstić information content (AvgIpc) is 2.46. The van der Waals surface area contributed by atoms with Gasteiger partial charge in [-0.1, -0.05) is 20.8 Å². The van der Waals surface area contributed by atoms with Gasteiger partial charge in [0.05, 0.1) is 0 Å². The van der Waals surface area contributed by atoms with Crippen molar-refractivity contribution in [3.8, 4) is 0 Å². The summed E-state index contributed by atoms with van der Waals surface area (Å²) >= 11 is 0. The highest BCUT2D eigenvalue weighted by Crippen LogP contribution is 2.15. The fraction of sp³-hybridized carbons (Fsp3) is 0.438. The maximum atomic E-state index is 11.9. The summed E-state index contributed by atoms with van der Waals surface area (Å²) in [5.74, 6) is -1.52. The number of carboxylic acid groups (broad SMARTS) is 1. The van der Waals surface area contributed by atoms with Crippen molar-refractivity contribution in [2.24, 2.45) is 11.8 Å². The highest BCUT2D eigenvalue weighted by atomic mass is 16.4. The molecule has 0 saturated heterocycles. The second-order valence-electron chi connectivity index (χ2n) is 5.63. The Morgan fingerprint density at radius 3 is 2.00 bits per heavy atom. The van der Waals surface area contributed by atoms with E-state index < -0.39 is 17.9 Å². The molecule has 2 unspecified atom stereocenters. The van der Waals surface area contributed by atoms with Crippen LogP contribution in [-0.2, 0) is 9.59 Å². The van der Waals surface area contributed by atoms with E-state index in [1.165, 1.54) is 6.92 Å². The van der Waals surface area contributed by atoms with E-state index in [2.05, 4.69) is 10.6 Å². The predicted molar refractivity (Wildman–Crippen MR) is 83.6 cm³/mol. The number of carbonyl (C=O) groups excluding carboxylic acids is 2. The number of carbonyl (C=O) groups is 3. The summed E-state index contributed by atoms with van der Waals surface area (Å²) in [4.78, 5) is 34.5. The molecule has 2 amide bonds. The number of aliphatic carboxylic acids is 1. The van der Waals surface area contributed by atoms with E-state index in [9.17, 15) is 14.4 Å².